The van der Waals surface area contributed by atoms with Crippen molar-refractivity contribution in [2.45, 2.75) is 98.3 Å². The Bertz CT molecular complexity index is 663. The minimum atomic E-state index is 0.219. The lowest BCUT2D eigenvalue weighted by Gasteiger charge is -2.35. The van der Waals surface area contributed by atoms with Crippen LogP contribution in [0.2, 0.25) is 0 Å². The minimum Gasteiger partial charge on any atom is -0.315 e. The van der Waals surface area contributed by atoms with E-state index >= 15 is 0 Å². The molecule has 1 aromatic carbocycles. The zero-order chi connectivity index (χ0) is 22.8. The van der Waals surface area contributed by atoms with Gasteiger partial charge in [-0.05, 0) is 87.1 Å². The summed E-state index contributed by atoms with van der Waals surface area (Å²) >= 11 is 0. The Morgan fingerprint density at radius 1 is 1.10 bits per heavy atom. The fourth-order valence-corrected chi connectivity index (χ4v) is 5.03. The molecular formula is C28H48N2O. The molecule has 1 heterocycles. The van der Waals surface area contributed by atoms with E-state index in [1.807, 2.05) is 11.9 Å². The summed E-state index contributed by atoms with van der Waals surface area (Å²) in [6.07, 6.45) is 10.7. The van der Waals surface area contributed by atoms with E-state index in [-0.39, 0.29) is 5.91 Å². The van der Waals surface area contributed by atoms with Gasteiger partial charge in [-0.2, -0.15) is 0 Å². The van der Waals surface area contributed by atoms with E-state index < -0.39 is 0 Å². The third kappa shape index (κ3) is 7.93. The minimum absolute atomic E-state index is 0.219. The molecular weight excluding hydrogens is 380 g/mol. The summed E-state index contributed by atoms with van der Waals surface area (Å²) in [4.78, 5) is 17.0. The molecule has 0 N–H and O–H groups in total. The van der Waals surface area contributed by atoms with Gasteiger partial charge in [0.1, 0.15) is 0 Å². The fraction of sp³-hybridized carbons (Fsp3) is 0.750. The number of benzene rings is 1. The molecule has 3 nitrogen and oxygen atoms in total. The first-order chi connectivity index (χ1) is 14.9. The summed E-state index contributed by atoms with van der Waals surface area (Å²) in [5, 5.41) is 0. The van der Waals surface area contributed by atoms with Crippen molar-refractivity contribution in [2.75, 3.05) is 31.6 Å². The third-order valence-electron chi connectivity index (χ3n) is 7.47. The molecule has 1 aliphatic heterocycles. The fourth-order valence-electron chi connectivity index (χ4n) is 5.03. The molecule has 3 heteroatoms. The zero-order valence-electron chi connectivity index (χ0n) is 21.3. The van der Waals surface area contributed by atoms with Crippen molar-refractivity contribution in [3.05, 3.63) is 29.3 Å². The molecule has 176 valence electrons. The lowest BCUT2D eigenvalue weighted by atomic mass is 9.87. The lowest BCUT2D eigenvalue weighted by Crippen LogP contribution is -2.36. The quantitative estimate of drug-likeness (QED) is 0.352. The largest absolute Gasteiger partial charge is 0.315 e. The van der Waals surface area contributed by atoms with Gasteiger partial charge in [0.15, 0.2) is 0 Å². The highest BCUT2D eigenvalue weighted by molar-refractivity contribution is 5.93. The smallest absolute Gasteiger partial charge is 0.226 e. The number of piperidine rings is 1. The molecule has 31 heavy (non-hydrogen) atoms. The van der Waals surface area contributed by atoms with E-state index in [1.165, 1.54) is 75.7 Å². The van der Waals surface area contributed by atoms with Crippen LogP contribution >= 0.6 is 0 Å². The number of nitrogens with zero attached hydrogens (tertiary/aromatic N) is 2. The molecule has 0 aromatic heterocycles. The monoisotopic (exact) mass is 428 g/mol. The van der Waals surface area contributed by atoms with Crippen molar-refractivity contribution < 1.29 is 4.79 Å². The second-order valence-electron chi connectivity index (χ2n) is 10.1. The van der Waals surface area contributed by atoms with Crippen molar-refractivity contribution in [3.8, 4) is 0 Å². The average Bonchev–Trinajstić information content (AvgIpc) is 2.78. The van der Waals surface area contributed by atoms with E-state index in [0.717, 1.165) is 23.9 Å². The van der Waals surface area contributed by atoms with Gasteiger partial charge in [0.2, 0.25) is 5.91 Å². The zero-order valence-corrected chi connectivity index (χ0v) is 21.3. The average molecular weight is 429 g/mol. The van der Waals surface area contributed by atoms with Crippen LogP contribution in [0, 0.1) is 18.8 Å². The van der Waals surface area contributed by atoms with Crippen LogP contribution in [0.1, 0.15) is 103 Å². The second kappa shape index (κ2) is 13.3. The summed E-state index contributed by atoms with van der Waals surface area (Å²) in [7, 11) is 1.93. The maximum Gasteiger partial charge on any atom is 0.226 e. The van der Waals surface area contributed by atoms with Gasteiger partial charge < -0.3 is 9.80 Å². The van der Waals surface area contributed by atoms with Crippen molar-refractivity contribution in [2.24, 2.45) is 11.8 Å². The lowest BCUT2D eigenvalue weighted by molar-refractivity contribution is -0.118. The van der Waals surface area contributed by atoms with Gasteiger partial charge >= 0.3 is 0 Å². The molecule has 1 saturated heterocycles. The number of hydrogen-bond donors (Lipinski definition) is 0. The first-order valence-corrected chi connectivity index (χ1v) is 13.0. The number of rotatable bonds is 12. The van der Waals surface area contributed by atoms with Crippen LogP contribution in [0.15, 0.2) is 18.2 Å². The highest BCUT2D eigenvalue weighted by Crippen LogP contribution is 2.33. The van der Waals surface area contributed by atoms with Gasteiger partial charge in [-0.25, -0.2) is 0 Å². The second-order valence-corrected chi connectivity index (χ2v) is 10.1. The molecule has 0 spiro atoms. The summed E-state index contributed by atoms with van der Waals surface area (Å²) in [6, 6.07) is 6.79. The normalized spacial score (nSPS) is 17.5. The van der Waals surface area contributed by atoms with Crippen LogP contribution in [0.5, 0.6) is 0 Å². The Kier molecular flexibility index (Phi) is 11.1. The molecule has 0 radical (unpaired) electrons. The summed E-state index contributed by atoms with van der Waals surface area (Å²) in [5.41, 5.74) is 3.70. The molecule has 1 amide bonds. The molecule has 0 aliphatic carbocycles. The van der Waals surface area contributed by atoms with E-state index in [2.05, 4.69) is 57.7 Å². The van der Waals surface area contributed by atoms with Crippen LogP contribution in [0.4, 0.5) is 5.69 Å². The third-order valence-corrected chi connectivity index (χ3v) is 7.47. The van der Waals surface area contributed by atoms with E-state index in [4.69, 9.17) is 0 Å². The van der Waals surface area contributed by atoms with Crippen molar-refractivity contribution >= 4 is 11.6 Å². The summed E-state index contributed by atoms with van der Waals surface area (Å²) < 4.78 is 0. The molecule has 2 rings (SSSR count). The topological polar surface area (TPSA) is 23.6 Å². The highest BCUT2D eigenvalue weighted by Gasteiger charge is 2.24. The Morgan fingerprint density at radius 3 is 2.42 bits per heavy atom. The number of aryl methyl sites for hydroxylation is 1. The van der Waals surface area contributed by atoms with Crippen LogP contribution < -0.4 is 4.90 Å². The van der Waals surface area contributed by atoms with Gasteiger partial charge in [-0.15, -0.1) is 0 Å². The van der Waals surface area contributed by atoms with E-state index in [9.17, 15) is 4.79 Å². The van der Waals surface area contributed by atoms with Gasteiger partial charge in [-0.1, -0.05) is 59.1 Å². The summed E-state index contributed by atoms with van der Waals surface area (Å²) in [6.45, 7) is 14.9. The molecule has 2 atom stereocenters. The molecule has 0 saturated carbocycles. The SMILES string of the molecule is CCCC(=O)N(C)c1cc(C2CCN(CC(CCC)CCC(C)CC)CC2)ccc1C. The number of amides is 1. The maximum atomic E-state index is 12.4. The van der Waals surface area contributed by atoms with Gasteiger partial charge in [0.05, 0.1) is 0 Å². The summed E-state index contributed by atoms with van der Waals surface area (Å²) in [5.74, 6) is 2.56. The first-order valence-electron chi connectivity index (χ1n) is 13.0. The Labute approximate surface area is 192 Å². The van der Waals surface area contributed by atoms with E-state index in [0.29, 0.717) is 12.3 Å². The predicted octanol–water partition coefficient (Wildman–Crippen LogP) is 7.18. The number of carbonyl (C=O) groups excluding carboxylic acids is 1. The van der Waals surface area contributed by atoms with Crippen molar-refractivity contribution in [1.29, 1.82) is 0 Å². The standard InChI is InChI=1S/C28H48N2O/c1-7-10-24(14-12-22(4)9-3)21-30-18-16-25(17-19-30)26-15-13-23(5)27(20-26)29(6)28(31)11-8-2/h13,15,20,22,24-25H,7-12,14,16-19,21H2,1-6H3. The van der Waals surface area contributed by atoms with Crippen LogP contribution in [-0.2, 0) is 4.79 Å². The molecule has 2 unspecified atom stereocenters. The number of likely N-dealkylation sites (tertiary alicyclic amines) is 1. The number of carbonyl (C=O) groups is 1. The van der Waals surface area contributed by atoms with Crippen LogP contribution in [-0.4, -0.2) is 37.5 Å². The van der Waals surface area contributed by atoms with Gasteiger partial charge in [0.25, 0.3) is 0 Å². The maximum absolute atomic E-state index is 12.4. The van der Waals surface area contributed by atoms with Gasteiger partial charge in [-0.3, -0.25) is 4.79 Å². The Morgan fingerprint density at radius 2 is 1.81 bits per heavy atom. The number of hydrogen-bond acceptors (Lipinski definition) is 2. The molecule has 1 fully saturated rings. The van der Waals surface area contributed by atoms with E-state index in [1.54, 1.807) is 0 Å². The van der Waals surface area contributed by atoms with Crippen molar-refractivity contribution in [3.63, 3.8) is 0 Å². The molecule has 1 aromatic rings. The van der Waals surface area contributed by atoms with Crippen LogP contribution in [0.25, 0.3) is 0 Å². The first kappa shape index (κ1) is 25.9. The molecule has 0 bridgehead atoms. The Balaban J connectivity index is 1.94. The predicted molar refractivity (Wildman–Crippen MR) is 135 cm³/mol. The van der Waals surface area contributed by atoms with Crippen molar-refractivity contribution in [1.82, 2.24) is 4.90 Å². The Hall–Kier alpha value is -1.35. The number of anilines is 1. The molecule has 1 aliphatic rings. The van der Waals surface area contributed by atoms with Gasteiger partial charge in [0, 0.05) is 25.7 Å². The van der Waals surface area contributed by atoms with Crippen LogP contribution in [0.3, 0.4) is 0 Å². The highest BCUT2D eigenvalue weighted by atomic mass is 16.2.